The van der Waals surface area contributed by atoms with Crippen molar-refractivity contribution in [1.29, 1.82) is 0 Å². The number of aliphatic imine (C=N–C) groups is 1. The van der Waals surface area contributed by atoms with Crippen LogP contribution in [0.5, 0.6) is 0 Å². The Morgan fingerprint density at radius 1 is 1.13 bits per heavy atom. The third-order valence-electron chi connectivity index (χ3n) is 10.8. The average Bonchev–Trinajstić information content (AvgIpc) is 3.39. The van der Waals surface area contributed by atoms with Gasteiger partial charge in [0.1, 0.15) is 27.5 Å². The number of likely N-dealkylation sites (tertiary alicyclic amines) is 1. The number of allylic oxidation sites excluding steroid dienone is 1. The standard InChI is InChI=1S/C35H41Cl2FN6O2S/c1-6-42-16-15-41(19-35(42)13-14-35)31(45)26-11-7-21(4)43(26)32(46)29-28(20(2)3)44-30(22-8-10-24(36)25(38)17-22)34(5,40-33(44)47-29)23-9-12-27(37)39-18-23/h8-10,12,17-18,20-21,26,30H,6-7,11,13-16,19H2,1-5H3/t21-,26-,30-,34+/m1/s1. The van der Waals surface area contributed by atoms with Crippen molar-refractivity contribution in [3.63, 3.8) is 0 Å². The van der Waals surface area contributed by atoms with Crippen molar-refractivity contribution in [3.8, 4) is 0 Å². The van der Waals surface area contributed by atoms with E-state index in [0.29, 0.717) is 33.8 Å². The van der Waals surface area contributed by atoms with Gasteiger partial charge in [-0.25, -0.2) is 14.4 Å². The number of hydrogen-bond donors (Lipinski definition) is 0. The van der Waals surface area contributed by atoms with Crippen LogP contribution in [0.25, 0.3) is 0 Å². The molecule has 8 nitrogen and oxygen atoms in total. The zero-order chi connectivity index (χ0) is 33.4. The molecule has 2 amide bonds. The van der Waals surface area contributed by atoms with Crippen molar-refractivity contribution in [2.45, 2.75) is 89.5 Å². The lowest BCUT2D eigenvalue weighted by molar-refractivity contribution is -0.145. The number of carbonyl (C=O) groups excluding carboxylic acids is 2. The summed E-state index contributed by atoms with van der Waals surface area (Å²) < 4.78 is 15.0. The number of rotatable bonds is 6. The van der Waals surface area contributed by atoms with Crippen molar-refractivity contribution in [1.82, 2.24) is 24.6 Å². The Morgan fingerprint density at radius 3 is 2.53 bits per heavy atom. The first-order chi connectivity index (χ1) is 22.4. The molecule has 0 bridgehead atoms. The van der Waals surface area contributed by atoms with Gasteiger partial charge in [0.15, 0.2) is 5.17 Å². The Kier molecular flexibility index (Phi) is 8.42. The molecule has 3 fully saturated rings. The highest BCUT2D eigenvalue weighted by molar-refractivity contribution is 8.18. The van der Waals surface area contributed by atoms with E-state index in [1.54, 1.807) is 18.3 Å². The highest BCUT2D eigenvalue weighted by atomic mass is 35.5. The van der Waals surface area contributed by atoms with Crippen LogP contribution >= 0.6 is 35.0 Å². The zero-order valence-corrected chi connectivity index (χ0v) is 29.8. The van der Waals surface area contributed by atoms with Gasteiger partial charge in [-0.15, -0.1) is 0 Å². The summed E-state index contributed by atoms with van der Waals surface area (Å²) in [5.74, 6) is -0.659. The second kappa shape index (κ2) is 12.0. The van der Waals surface area contributed by atoms with Gasteiger partial charge in [0.2, 0.25) is 5.91 Å². The number of pyridine rings is 1. The highest BCUT2D eigenvalue weighted by Gasteiger charge is 2.56. The summed E-state index contributed by atoms with van der Waals surface area (Å²) in [6.07, 6.45) is 5.38. The van der Waals surface area contributed by atoms with Crippen LogP contribution in [0.1, 0.15) is 77.5 Å². The van der Waals surface area contributed by atoms with Crippen molar-refractivity contribution in [3.05, 3.63) is 74.3 Å². The number of amidine groups is 1. The molecule has 0 N–H and O–H groups in total. The molecule has 1 aromatic carbocycles. The quantitative estimate of drug-likeness (QED) is 0.308. The Balaban J connectivity index is 1.25. The molecule has 12 heteroatoms. The van der Waals surface area contributed by atoms with Gasteiger partial charge in [0.25, 0.3) is 5.91 Å². The molecule has 1 aromatic heterocycles. The Bertz CT molecular complexity index is 1680. The van der Waals surface area contributed by atoms with Crippen molar-refractivity contribution < 1.29 is 14.0 Å². The van der Waals surface area contributed by atoms with E-state index in [9.17, 15) is 9.59 Å². The molecule has 2 saturated heterocycles. The minimum absolute atomic E-state index is 0.0384. The molecule has 1 aliphatic carbocycles. The first-order valence-electron chi connectivity index (χ1n) is 16.6. The molecule has 5 aliphatic rings. The predicted octanol–water partition coefficient (Wildman–Crippen LogP) is 6.85. The number of benzene rings is 1. The molecule has 2 aromatic rings. The zero-order valence-electron chi connectivity index (χ0n) is 27.5. The van der Waals surface area contributed by atoms with Crippen molar-refractivity contribution in [2.24, 2.45) is 10.9 Å². The molecule has 1 spiro atoms. The monoisotopic (exact) mass is 698 g/mol. The van der Waals surface area contributed by atoms with Crippen LogP contribution in [0.3, 0.4) is 0 Å². The number of fused-ring (bicyclic) bond motifs is 1. The lowest BCUT2D eigenvalue weighted by Crippen LogP contribution is -2.59. The lowest BCUT2D eigenvalue weighted by Gasteiger charge is -2.43. The summed E-state index contributed by atoms with van der Waals surface area (Å²) in [7, 11) is 0. The van der Waals surface area contributed by atoms with Gasteiger partial charge < -0.3 is 14.7 Å². The molecule has 7 rings (SSSR count). The summed E-state index contributed by atoms with van der Waals surface area (Å²) in [5.41, 5.74) is 1.56. The minimum atomic E-state index is -0.867. The number of halogens is 3. The summed E-state index contributed by atoms with van der Waals surface area (Å²) in [5, 5.41) is 1.07. The molecule has 47 heavy (non-hydrogen) atoms. The van der Waals surface area contributed by atoms with Gasteiger partial charge in [0, 0.05) is 48.7 Å². The second-order valence-electron chi connectivity index (χ2n) is 14.0. The van der Waals surface area contributed by atoms with Gasteiger partial charge in [-0.1, -0.05) is 56.1 Å². The van der Waals surface area contributed by atoms with Gasteiger partial charge in [-0.05, 0) is 87.5 Å². The third-order valence-corrected chi connectivity index (χ3v) is 12.4. The fourth-order valence-electron chi connectivity index (χ4n) is 8.20. The van der Waals surface area contributed by atoms with E-state index >= 15 is 4.39 Å². The predicted molar refractivity (Wildman–Crippen MR) is 185 cm³/mol. The van der Waals surface area contributed by atoms with E-state index in [-0.39, 0.29) is 34.3 Å². The Morgan fingerprint density at radius 2 is 1.89 bits per heavy atom. The summed E-state index contributed by atoms with van der Waals surface area (Å²) in [4.78, 5) is 47.5. The topological polar surface area (TPSA) is 72.3 Å². The molecular weight excluding hydrogens is 658 g/mol. The van der Waals surface area contributed by atoms with Gasteiger partial charge in [-0.2, -0.15) is 0 Å². The molecule has 4 aliphatic heterocycles. The van der Waals surface area contributed by atoms with E-state index < -0.39 is 23.4 Å². The molecule has 250 valence electrons. The summed E-state index contributed by atoms with van der Waals surface area (Å²) in [6, 6.07) is 7.41. The van der Waals surface area contributed by atoms with Crippen molar-refractivity contribution in [2.75, 3.05) is 26.2 Å². The Hall–Kier alpha value is -2.66. The first-order valence-corrected chi connectivity index (χ1v) is 18.2. The van der Waals surface area contributed by atoms with Crippen LogP contribution in [0.4, 0.5) is 4.39 Å². The van der Waals surface area contributed by atoms with Gasteiger partial charge >= 0.3 is 0 Å². The maximum absolute atomic E-state index is 15.0. The minimum Gasteiger partial charge on any atom is -0.338 e. The number of nitrogens with zero attached hydrogens (tertiary/aromatic N) is 6. The first kappa shape index (κ1) is 32.9. The van der Waals surface area contributed by atoms with Gasteiger partial charge in [0.05, 0.1) is 11.1 Å². The molecule has 0 unspecified atom stereocenters. The normalized spacial score (nSPS) is 28.5. The van der Waals surface area contributed by atoms with E-state index in [1.165, 1.54) is 17.8 Å². The van der Waals surface area contributed by atoms with E-state index in [2.05, 4.69) is 35.6 Å². The number of aromatic nitrogens is 1. The molecule has 4 atom stereocenters. The number of hydrogen-bond acceptors (Lipinski definition) is 7. The number of carbonyl (C=O) groups is 2. The van der Waals surface area contributed by atoms with Crippen LogP contribution in [0, 0.1) is 11.7 Å². The largest absolute Gasteiger partial charge is 0.338 e. The van der Waals surface area contributed by atoms with E-state index in [4.69, 9.17) is 28.2 Å². The summed E-state index contributed by atoms with van der Waals surface area (Å²) >= 11 is 13.6. The average molecular weight is 700 g/mol. The molecular formula is C35H41Cl2FN6O2S. The number of amides is 2. The molecule has 0 radical (unpaired) electrons. The third kappa shape index (κ3) is 5.38. The lowest BCUT2D eigenvalue weighted by atomic mass is 9.81. The maximum atomic E-state index is 15.0. The van der Waals surface area contributed by atoms with Crippen LogP contribution < -0.4 is 0 Å². The van der Waals surface area contributed by atoms with Crippen molar-refractivity contribution >= 4 is 51.9 Å². The SMILES string of the molecule is CCN1CCN(C(=O)[C@H]2CC[C@@H](C)N2C(=O)C2=C(C(C)C)N3C(=N[C@@](C)(c4ccc(Cl)nc4)[C@H]3c3ccc(Cl)c(F)c3)S2)CC12CC2. The van der Waals surface area contributed by atoms with Crippen LogP contribution in [0.2, 0.25) is 10.2 Å². The van der Waals surface area contributed by atoms with Gasteiger partial charge in [-0.3, -0.25) is 14.5 Å². The second-order valence-corrected chi connectivity index (χ2v) is 15.8. The fraction of sp³-hybridized carbons (Fsp3) is 0.543. The number of thioether (sulfide) groups is 1. The summed E-state index contributed by atoms with van der Waals surface area (Å²) in [6.45, 7) is 13.7. The number of likely N-dealkylation sites (N-methyl/N-ethyl adjacent to an activating group) is 1. The van der Waals surface area contributed by atoms with Crippen LogP contribution in [-0.4, -0.2) is 85.4 Å². The maximum Gasteiger partial charge on any atom is 0.263 e. The van der Waals surface area contributed by atoms with Crippen LogP contribution in [0.15, 0.2) is 52.1 Å². The highest BCUT2D eigenvalue weighted by Crippen LogP contribution is 2.56. The van der Waals surface area contributed by atoms with Crippen LogP contribution in [-0.2, 0) is 15.1 Å². The number of piperazine rings is 1. The van der Waals surface area contributed by atoms with E-state index in [1.807, 2.05) is 35.8 Å². The Labute approximate surface area is 290 Å². The fourth-order valence-corrected chi connectivity index (χ4v) is 9.78. The van der Waals surface area contributed by atoms with E-state index in [0.717, 1.165) is 50.2 Å². The molecule has 5 heterocycles. The molecule has 1 saturated carbocycles. The smallest absolute Gasteiger partial charge is 0.263 e.